The van der Waals surface area contributed by atoms with Crippen molar-refractivity contribution in [1.82, 2.24) is 10.1 Å². The zero-order valence-corrected chi connectivity index (χ0v) is 16.7. The molecule has 0 aromatic carbocycles. The van der Waals surface area contributed by atoms with Crippen LogP contribution in [0.5, 0.6) is 0 Å². The summed E-state index contributed by atoms with van der Waals surface area (Å²) in [4.78, 5) is 15.4. The zero-order valence-electron chi connectivity index (χ0n) is 16.7. The topological polar surface area (TPSA) is 46.3 Å². The van der Waals surface area contributed by atoms with E-state index in [9.17, 15) is 4.79 Å². The summed E-state index contributed by atoms with van der Waals surface area (Å²) in [5, 5.41) is 4.15. The van der Waals surface area contributed by atoms with Gasteiger partial charge in [-0.15, -0.1) is 0 Å². The molecular formula is C21H34N2O2. The van der Waals surface area contributed by atoms with Crippen LogP contribution in [0.25, 0.3) is 0 Å². The number of ketones is 1. The van der Waals surface area contributed by atoms with Crippen LogP contribution in [0, 0.1) is 5.41 Å². The Morgan fingerprint density at radius 3 is 2.44 bits per heavy atom. The van der Waals surface area contributed by atoms with Gasteiger partial charge in [-0.25, -0.2) is 0 Å². The Bertz CT molecular complexity index is 618. The van der Waals surface area contributed by atoms with Crippen LogP contribution in [0.15, 0.2) is 10.6 Å². The molecule has 1 saturated carbocycles. The highest BCUT2D eigenvalue weighted by atomic mass is 16.5. The quantitative estimate of drug-likeness (QED) is 0.804. The van der Waals surface area contributed by atoms with Crippen LogP contribution in [0.3, 0.4) is 0 Å². The smallest absolute Gasteiger partial charge is 0.160 e. The summed E-state index contributed by atoms with van der Waals surface area (Å²) in [7, 11) is 0. The van der Waals surface area contributed by atoms with E-state index in [1.54, 1.807) is 0 Å². The molecule has 1 aliphatic carbocycles. The Labute approximate surface area is 152 Å². The lowest BCUT2D eigenvalue weighted by Gasteiger charge is -2.38. The van der Waals surface area contributed by atoms with Crippen molar-refractivity contribution in [2.45, 2.75) is 90.5 Å². The maximum Gasteiger partial charge on any atom is 0.160 e. The van der Waals surface area contributed by atoms with Crippen molar-refractivity contribution in [1.29, 1.82) is 0 Å². The molecule has 0 radical (unpaired) electrons. The first-order chi connectivity index (χ1) is 11.6. The fourth-order valence-electron chi connectivity index (χ4n) is 4.42. The molecule has 2 aliphatic rings. The largest absolute Gasteiger partial charge is 0.361 e. The van der Waals surface area contributed by atoms with Gasteiger partial charge in [-0.05, 0) is 45.1 Å². The van der Waals surface area contributed by atoms with Gasteiger partial charge >= 0.3 is 0 Å². The SMILES string of the molecule is CC(C)(C)c1cc(CC(=O)C(C)(C)N2CCC3(CCCCC3)C2)on1. The number of Topliss-reactive ketones (excluding diaryl/α,β-unsaturated/α-hetero) is 1. The highest BCUT2D eigenvalue weighted by molar-refractivity contribution is 5.89. The van der Waals surface area contributed by atoms with Crippen LogP contribution < -0.4 is 0 Å². The van der Waals surface area contributed by atoms with Crippen molar-refractivity contribution in [3.05, 3.63) is 17.5 Å². The van der Waals surface area contributed by atoms with E-state index in [0.29, 0.717) is 17.6 Å². The van der Waals surface area contributed by atoms with E-state index >= 15 is 0 Å². The van der Waals surface area contributed by atoms with E-state index < -0.39 is 5.54 Å². The van der Waals surface area contributed by atoms with Crippen LogP contribution in [0.1, 0.15) is 84.6 Å². The van der Waals surface area contributed by atoms with E-state index in [-0.39, 0.29) is 11.2 Å². The van der Waals surface area contributed by atoms with Gasteiger partial charge < -0.3 is 4.52 Å². The third-order valence-corrected chi connectivity index (χ3v) is 6.49. The van der Waals surface area contributed by atoms with Crippen molar-refractivity contribution in [2.75, 3.05) is 13.1 Å². The average Bonchev–Trinajstić information content (AvgIpc) is 3.16. The second-order valence-electron chi connectivity index (χ2n) is 9.82. The number of likely N-dealkylation sites (tertiary alicyclic amines) is 1. The summed E-state index contributed by atoms with van der Waals surface area (Å²) in [6.45, 7) is 12.6. The highest BCUT2D eigenvalue weighted by Crippen LogP contribution is 2.45. The Hall–Kier alpha value is -1.16. The highest BCUT2D eigenvalue weighted by Gasteiger charge is 2.45. The zero-order chi connectivity index (χ0) is 18.3. The summed E-state index contributed by atoms with van der Waals surface area (Å²) < 4.78 is 5.44. The van der Waals surface area contributed by atoms with Crippen molar-refractivity contribution < 1.29 is 9.32 Å². The molecule has 0 bridgehead atoms. The molecule has 0 unspecified atom stereocenters. The Balaban J connectivity index is 1.65. The van der Waals surface area contributed by atoms with Crippen LogP contribution in [-0.2, 0) is 16.6 Å². The standard InChI is InChI=1S/C21H34N2O2/c1-19(2,3)17-13-16(25-22-17)14-18(24)20(4,5)23-12-11-21(15-23)9-7-6-8-10-21/h13H,6-12,14-15H2,1-5H3. The first-order valence-electron chi connectivity index (χ1n) is 9.87. The Morgan fingerprint density at radius 2 is 1.84 bits per heavy atom. The third kappa shape index (κ3) is 3.84. The molecule has 0 atom stereocenters. The van der Waals surface area contributed by atoms with Crippen molar-refractivity contribution in [3.8, 4) is 0 Å². The predicted octanol–water partition coefficient (Wildman–Crippen LogP) is 4.52. The molecule has 0 N–H and O–H groups in total. The molecule has 4 heteroatoms. The second-order valence-corrected chi connectivity index (χ2v) is 9.82. The molecule has 1 aliphatic heterocycles. The molecule has 1 saturated heterocycles. The van der Waals surface area contributed by atoms with Crippen molar-refractivity contribution in [3.63, 3.8) is 0 Å². The summed E-state index contributed by atoms with van der Waals surface area (Å²) in [6, 6.07) is 1.95. The number of hydrogen-bond acceptors (Lipinski definition) is 4. The van der Waals surface area contributed by atoms with E-state index in [2.05, 4.69) is 44.7 Å². The molecule has 3 rings (SSSR count). The molecule has 140 valence electrons. The maximum absolute atomic E-state index is 13.0. The normalized spacial score (nSPS) is 21.8. The summed E-state index contributed by atoms with van der Waals surface area (Å²) >= 11 is 0. The van der Waals surface area contributed by atoms with E-state index in [1.807, 2.05) is 6.07 Å². The Kier molecular flexibility index (Phi) is 4.87. The first kappa shape index (κ1) is 18.6. The van der Waals surface area contributed by atoms with E-state index in [1.165, 1.54) is 38.5 Å². The van der Waals surface area contributed by atoms with Crippen LogP contribution in [0.4, 0.5) is 0 Å². The van der Waals surface area contributed by atoms with Gasteiger partial charge in [-0.2, -0.15) is 0 Å². The second kappa shape index (κ2) is 6.53. The summed E-state index contributed by atoms with van der Waals surface area (Å²) in [6.07, 6.45) is 8.35. The van der Waals surface area contributed by atoms with Crippen LogP contribution in [-0.4, -0.2) is 34.5 Å². The van der Waals surface area contributed by atoms with Gasteiger partial charge in [0.15, 0.2) is 5.78 Å². The van der Waals surface area contributed by atoms with Crippen LogP contribution in [0.2, 0.25) is 0 Å². The minimum absolute atomic E-state index is 0.0529. The van der Waals surface area contributed by atoms with E-state index in [0.717, 1.165) is 18.8 Å². The van der Waals surface area contributed by atoms with Gasteiger partial charge in [0.05, 0.1) is 17.7 Å². The number of aromatic nitrogens is 1. The van der Waals surface area contributed by atoms with Crippen molar-refractivity contribution >= 4 is 5.78 Å². The van der Waals surface area contributed by atoms with Crippen LogP contribution >= 0.6 is 0 Å². The van der Waals surface area contributed by atoms with Crippen molar-refractivity contribution in [2.24, 2.45) is 5.41 Å². The summed E-state index contributed by atoms with van der Waals surface area (Å²) in [5.41, 5.74) is 0.898. The van der Waals surface area contributed by atoms with Gasteiger partial charge in [0.25, 0.3) is 0 Å². The lowest BCUT2D eigenvalue weighted by Crippen LogP contribution is -2.50. The molecule has 4 nitrogen and oxygen atoms in total. The summed E-state index contributed by atoms with van der Waals surface area (Å²) in [5.74, 6) is 0.923. The molecular weight excluding hydrogens is 312 g/mol. The number of carbonyl (C=O) groups is 1. The molecule has 1 aromatic heterocycles. The first-order valence-corrected chi connectivity index (χ1v) is 9.87. The minimum atomic E-state index is -0.435. The van der Waals surface area contributed by atoms with Gasteiger partial charge in [-0.3, -0.25) is 9.69 Å². The predicted molar refractivity (Wildman–Crippen MR) is 99.7 cm³/mol. The third-order valence-electron chi connectivity index (χ3n) is 6.49. The van der Waals surface area contributed by atoms with Gasteiger partial charge in [0.2, 0.25) is 0 Å². The molecule has 1 spiro atoms. The monoisotopic (exact) mass is 346 g/mol. The fraction of sp³-hybridized carbons (Fsp3) is 0.810. The lowest BCUT2D eigenvalue weighted by molar-refractivity contribution is -0.128. The maximum atomic E-state index is 13.0. The van der Waals surface area contributed by atoms with Gasteiger partial charge in [-0.1, -0.05) is 45.2 Å². The lowest BCUT2D eigenvalue weighted by atomic mass is 9.73. The number of nitrogens with zero attached hydrogens (tertiary/aromatic N) is 2. The number of carbonyl (C=O) groups excluding carboxylic acids is 1. The molecule has 1 aromatic rings. The Morgan fingerprint density at radius 1 is 1.16 bits per heavy atom. The fourth-order valence-corrected chi connectivity index (χ4v) is 4.42. The number of hydrogen-bond donors (Lipinski definition) is 0. The van der Waals surface area contributed by atoms with Gasteiger partial charge in [0.1, 0.15) is 5.76 Å². The average molecular weight is 347 g/mol. The van der Waals surface area contributed by atoms with E-state index in [4.69, 9.17) is 4.52 Å². The number of rotatable bonds is 4. The minimum Gasteiger partial charge on any atom is -0.361 e. The molecule has 2 fully saturated rings. The van der Waals surface area contributed by atoms with Gasteiger partial charge in [0, 0.05) is 18.0 Å². The molecule has 25 heavy (non-hydrogen) atoms. The molecule has 2 heterocycles. The molecule has 0 amide bonds.